The minimum absolute atomic E-state index is 0.127. The van der Waals surface area contributed by atoms with E-state index in [0.29, 0.717) is 33.9 Å². The molecule has 2 aromatic carbocycles. The Morgan fingerprint density at radius 3 is 2.66 bits per heavy atom. The summed E-state index contributed by atoms with van der Waals surface area (Å²) in [6.45, 7) is 6.11. The van der Waals surface area contributed by atoms with Crippen LogP contribution in [0.15, 0.2) is 35.2 Å². The number of nitrogen functional groups attached to an aromatic ring is 1. The molecule has 0 spiro atoms. The van der Waals surface area contributed by atoms with Crippen LogP contribution in [0.4, 0.5) is 11.4 Å². The molecule has 1 amide bonds. The fourth-order valence-corrected chi connectivity index (χ4v) is 5.93. The van der Waals surface area contributed by atoms with Crippen LogP contribution in [0.25, 0.3) is 0 Å². The number of nitrogens with zero attached hydrogens (tertiary/aromatic N) is 2. The lowest BCUT2D eigenvalue weighted by Gasteiger charge is -2.41. The zero-order chi connectivity index (χ0) is 24.9. The number of likely N-dealkylation sites (N-methyl/N-ethyl adjacent to an activating group) is 1. The number of halogens is 1. The largest absolute Gasteiger partial charge is 0.397 e. The Morgan fingerprint density at radius 2 is 2.06 bits per heavy atom. The fraction of sp³-hybridized carbons (Fsp3) is 0.462. The third kappa shape index (κ3) is 6.37. The smallest absolute Gasteiger partial charge is 0.239 e. The van der Waals surface area contributed by atoms with Gasteiger partial charge in [0.15, 0.2) is 0 Å². The van der Waals surface area contributed by atoms with E-state index in [1.54, 1.807) is 0 Å². The fourth-order valence-electron chi connectivity index (χ4n) is 4.66. The van der Waals surface area contributed by atoms with Crippen LogP contribution in [-0.2, 0) is 16.0 Å². The maximum Gasteiger partial charge on any atom is 0.239 e. The van der Waals surface area contributed by atoms with Crippen molar-refractivity contribution < 1.29 is 9.53 Å². The van der Waals surface area contributed by atoms with Gasteiger partial charge < -0.3 is 21.2 Å². The molecule has 2 heterocycles. The lowest BCUT2D eigenvalue weighted by molar-refractivity contribution is -0.116. The second-order valence-corrected chi connectivity index (χ2v) is 10.9. The molecule has 0 atom stereocenters. The Kier molecular flexibility index (Phi) is 8.73. The number of carbonyl (C=O) groups excluding carboxylic acids is 1. The number of carbonyl (C=O) groups is 1. The van der Waals surface area contributed by atoms with Crippen molar-refractivity contribution in [2.24, 2.45) is 0 Å². The first-order valence-corrected chi connectivity index (χ1v) is 13.3. The van der Waals surface area contributed by atoms with Crippen LogP contribution in [0.3, 0.4) is 0 Å². The molecule has 2 aliphatic rings. The maximum atomic E-state index is 12.7. The Morgan fingerprint density at radius 1 is 1.31 bits per heavy atom. The molecule has 35 heavy (non-hydrogen) atoms. The average molecular weight is 516 g/mol. The molecule has 0 unspecified atom stereocenters. The van der Waals surface area contributed by atoms with Crippen molar-refractivity contribution in [3.05, 3.63) is 52.0 Å². The number of benzene rings is 2. The summed E-state index contributed by atoms with van der Waals surface area (Å²) in [7, 11) is 1.85. The van der Waals surface area contributed by atoms with E-state index in [1.807, 2.05) is 35.6 Å². The molecule has 0 radical (unpaired) electrons. The Bertz CT molecular complexity index is 1070. The Hall–Kier alpha value is -2.10. The summed E-state index contributed by atoms with van der Waals surface area (Å²) in [6.07, 6.45) is 4.30. The molecule has 0 saturated carbocycles. The zero-order valence-electron chi connectivity index (χ0n) is 20.4. The minimum Gasteiger partial charge on any atom is -0.397 e. The highest BCUT2D eigenvalue weighted by Crippen LogP contribution is 2.35. The number of aryl methyl sites for hydroxylation is 1. The molecule has 0 aliphatic carbocycles. The average Bonchev–Trinajstić information content (AvgIpc) is 2.80. The summed E-state index contributed by atoms with van der Waals surface area (Å²) < 4.78 is 7.16. The molecule has 188 valence electrons. The van der Waals surface area contributed by atoms with Crippen molar-refractivity contribution in [1.82, 2.24) is 9.21 Å². The highest BCUT2D eigenvalue weighted by Gasteiger charge is 2.30. The summed E-state index contributed by atoms with van der Waals surface area (Å²) >= 11 is 8.05. The molecule has 2 fully saturated rings. The van der Waals surface area contributed by atoms with Gasteiger partial charge in [0, 0.05) is 27.4 Å². The highest BCUT2D eigenvalue weighted by atomic mass is 35.5. The van der Waals surface area contributed by atoms with Gasteiger partial charge in [-0.25, -0.2) is 4.31 Å². The van der Waals surface area contributed by atoms with E-state index in [-0.39, 0.29) is 12.5 Å². The van der Waals surface area contributed by atoms with E-state index in [9.17, 15) is 4.79 Å². The first-order chi connectivity index (χ1) is 16.9. The third-order valence-electron chi connectivity index (χ3n) is 6.81. The number of nitrogens with two attached hydrogens (primary N) is 1. The van der Waals surface area contributed by atoms with Crippen LogP contribution in [-0.4, -0.2) is 67.3 Å². The molecular formula is C26H34ClN5O2S. The lowest BCUT2D eigenvalue weighted by atomic mass is 9.88. The SMILES string of the molecule is CCc1cc(C=N)c(N)c(SN(C)CC(=O)Nc2ccc(C3CCN(C4COC4)CC3)c(Cl)c2)c1. The first kappa shape index (κ1) is 26.0. The van der Waals surface area contributed by atoms with E-state index in [0.717, 1.165) is 61.6 Å². The van der Waals surface area contributed by atoms with Gasteiger partial charge in [-0.15, -0.1) is 0 Å². The van der Waals surface area contributed by atoms with E-state index in [4.69, 9.17) is 27.5 Å². The number of rotatable bonds is 9. The van der Waals surface area contributed by atoms with Gasteiger partial charge in [-0.05, 0) is 92.7 Å². The van der Waals surface area contributed by atoms with Gasteiger partial charge in [0.2, 0.25) is 5.91 Å². The Labute approximate surface area is 217 Å². The zero-order valence-corrected chi connectivity index (χ0v) is 21.9. The Balaban J connectivity index is 1.31. The molecule has 9 heteroatoms. The summed E-state index contributed by atoms with van der Waals surface area (Å²) in [5.41, 5.74) is 10.4. The molecule has 2 aliphatic heterocycles. The predicted octanol–water partition coefficient (Wildman–Crippen LogP) is 4.64. The van der Waals surface area contributed by atoms with Crippen LogP contribution in [0.5, 0.6) is 0 Å². The van der Waals surface area contributed by atoms with Crippen LogP contribution in [0, 0.1) is 5.41 Å². The van der Waals surface area contributed by atoms with Crippen molar-refractivity contribution in [3.63, 3.8) is 0 Å². The number of amides is 1. The second-order valence-electron chi connectivity index (χ2n) is 9.26. The number of piperidine rings is 1. The van der Waals surface area contributed by atoms with Gasteiger partial charge in [0.05, 0.1) is 31.5 Å². The first-order valence-electron chi connectivity index (χ1n) is 12.1. The summed E-state index contributed by atoms with van der Waals surface area (Å²) in [4.78, 5) is 16.1. The number of likely N-dealkylation sites (tertiary alicyclic amines) is 1. The molecule has 0 aromatic heterocycles. The molecule has 2 saturated heterocycles. The number of anilines is 2. The molecule has 7 nitrogen and oxygen atoms in total. The molecule has 0 bridgehead atoms. The predicted molar refractivity (Wildman–Crippen MR) is 145 cm³/mol. The number of ether oxygens (including phenoxy) is 1. The van der Waals surface area contributed by atoms with Gasteiger partial charge in [0.1, 0.15) is 0 Å². The van der Waals surface area contributed by atoms with Crippen molar-refractivity contribution in [2.45, 2.75) is 43.0 Å². The summed E-state index contributed by atoms with van der Waals surface area (Å²) in [5.74, 6) is 0.319. The molecular weight excluding hydrogens is 482 g/mol. The van der Waals surface area contributed by atoms with Crippen LogP contribution >= 0.6 is 23.5 Å². The number of hydrogen-bond donors (Lipinski definition) is 3. The van der Waals surface area contributed by atoms with Gasteiger partial charge >= 0.3 is 0 Å². The maximum absolute atomic E-state index is 12.7. The second kappa shape index (κ2) is 11.8. The van der Waals surface area contributed by atoms with Crippen molar-refractivity contribution in [2.75, 3.05) is 50.9 Å². The van der Waals surface area contributed by atoms with Gasteiger partial charge in [-0.2, -0.15) is 0 Å². The van der Waals surface area contributed by atoms with Crippen LogP contribution in [0.2, 0.25) is 5.02 Å². The van der Waals surface area contributed by atoms with Gasteiger partial charge in [-0.3, -0.25) is 9.69 Å². The normalized spacial score (nSPS) is 17.4. The number of nitrogens with one attached hydrogen (secondary N) is 2. The molecule has 4 N–H and O–H groups in total. The topological polar surface area (TPSA) is 94.7 Å². The van der Waals surface area contributed by atoms with Crippen LogP contribution in [0.1, 0.15) is 42.4 Å². The standard InChI is InChI=1S/C26H34ClN5O2S/c1-3-17-10-19(13-28)26(29)24(11-17)35-31(2)14-25(33)30-20-4-5-22(23(27)12-20)18-6-8-32(9-7-18)21-15-34-16-21/h4-5,10-13,18,21,28H,3,6-9,14-16,29H2,1-2H3,(H,30,33). The monoisotopic (exact) mass is 515 g/mol. The summed E-state index contributed by atoms with van der Waals surface area (Å²) in [5, 5.41) is 11.3. The number of hydrogen-bond acceptors (Lipinski definition) is 7. The van der Waals surface area contributed by atoms with Gasteiger partial charge in [-0.1, -0.05) is 24.6 Å². The third-order valence-corrected chi connectivity index (χ3v) is 8.11. The van der Waals surface area contributed by atoms with Gasteiger partial charge in [0.25, 0.3) is 0 Å². The van der Waals surface area contributed by atoms with E-state index < -0.39 is 0 Å². The lowest BCUT2D eigenvalue weighted by Crippen LogP contribution is -2.51. The molecule has 4 rings (SSSR count). The van der Waals surface area contributed by atoms with E-state index in [2.05, 4.69) is 23.2 Å². The molecule has 2 aromatic rings. The minimum atomic E-state index is -0.127. The van der Waals surface area contributed by atoms with Crippen molar-refractivity contribution >= 4 is 47.0 Å². The van der Waals surface area contributed by atoms with E-state index in [1.165, 1.54) is 18.2 Å². The van der Waals surface area contributed by atoms with Crippen molar-refractivity contribution in [3.8, 4) is 0 Å². The van der Waals surface area contributed by atoms with Crippen molar-refractivity contribution in [1.29, 1.82) is 5.41 Å². The quantitative estimate of drug-likeness (QED) is 0.256. The van der Waals surface area contributed by atoms with E-state index >= 15 is 0 Å². The highest BCUT2D eigenvalue weighted by molar-refractivity contribution is 7.97. The van der Waals surface area contributed by atoms with Crippen LogP contribution < -0.4 is 11.1 Å². The summed E-state index contributed by atoms with van der Waals surface area (Å²) in [6, 6.07) is 10.4.